The monoisotopic (exact) mass is 710 g/mol. The number of rotatable bonds is 8. The van der Waals surface area contributed by atoms with E-state index in [9.17, 15) is 0 Å². The lowest BCUT2D eigenvalue weighted by Gasteiger charge is -2.29. The van der Waals surface area contributed by atoms with Crippen molar-refractivity contribution in [2.75, 3.05) is 9.80 Å². The molecule has 0 spiro atoms. The van der Waals surface area contributed by atoms with Crippen LogP contribution in [0.3, 0.4) is 0 Å². The molecule has 10 aromatic rings. The number of anilines is 6. The van der Waals surface area contributed by atoms with E-state index in [0.717, 1.165) is 60.6 Å². The van der Waals surface area contributed by atoms with E-state index in [0.29, 0.717) is 0 Å². The van der Waals surface area contributed by atoms with Gasteiger partial charge in [-0.3, -0.25) is 0 Å². The molecule has 2 heterocycles. The standard InChI is InChI=1S/C49H34N4S/c1-6-18-36(19-7-1)51(37-20-8-2-9-21-37)45-32-33-46(52(38-22-10-3-11-23-38)39-24-12-4-13-25-39)48-47(45)50-49(54-48)35-30-31-44-42(34-35)41-28-16-17-29-43(41)53(44)40-26-14-5-15-27-40/h1-34H. The maximum atomic E-state index is 5.58. The van der Waals surface area contributed by atoms with Gasteiger partial charge < -0.3 is 14.4 Å². The number of aromatic nitrogens is 2. The van der Waals surface area contributed by atoms with Gasteiger partial charge in [0, 0.05) is 44.8 Å². The summed E-state index contributed by atoms with van der Waals surface area (Å²) >= 11 is 1.75. The number of hydrogen-bond acceptors (Lipinski definition) is 4. The zero-order chi connectivity index (χ0) is 35.8. The molecule has 0 N–H and O–H groups in total. The Hall–Kier alpha value is -6.95. The lowest BCUT2D eigenvalue weighted by molar-refractivity contribution is 1.18. The van der Waals surface area contributed by atoms with Crippen LogP contribution in [0.15, 0.2) is 206 Å². The SMILES string of the molecule is c1ccc(N(c2ccccc2)c2ccc(N(c3ccccc3)c3ccccc3)c3sc(-c4ccc5c(c4)c4ccccc4n5-c4ccccc4)nc23)cc1. The lowest BCUT2D eigenvalue weighted by Crippen LogP contribution is -2.12. The zero-order valence-electron chi connectivity index (χ0n) is 29.3. The van der Waals surface area contributed by atoms with E-state index >= 15 is 0 Å². The minimum atomic E-state index is 0.948. The van der Waals surface area contributed by atoms with Crippen LogP contribution < -0.4 is 9.80 Å². The normalized spacial score (nSPS) is 11.3. The van der Waals surface area contributed by atoms with E-state index in [1.807, 2.05) is 0 Å². The van der Waals surface area contributed by atoms with Gasteiger partial charge >= 0.3 is 0 Å². The van der Waals surface area contributed by atoms with Gasteiger partial charge in [0.2, 0.25) is 0 Å². The maximum absolute atomic E-state index is 5.58. The predicted molar refractivity (Wildman–Crippen MR) is 229 cm³/mol. The van der Waals surface area contributed by atoms with Gasteiger partial charge in [-0.15, -0.1) is 11.3 Å². The summed E-state index contributed by atoms with van der Waals surface area (Å²) in [5.74, 6) is 0. The first-order valence-electron chi connectivity index (χ1n) is 18.1. The predicted octanol–water partition coefficient (Wildman–Crippen LogP) is 14.0. The van der Waals surface area contributed by atoms with Crippen LogP contribution >= 0.6 is 11.3 Å². The molecule has 8 aromatic carbocycles. The third kappa shape index (κ3) is 5.50. The average molecular weight is 711 g/mol. The van der Waals surface area contributed by atoms with Crippen LogP contribution in [-0.2, 0) is 0 Å². The van der Waals surface area contributed by atoms with Gasteiger partial charge in [0.1, 0.15) is 10.5 Å². The number of nitrogens with zero attached hydrogens (tertiary/aromatic N) is 4. The van der Waals surface area contributed by atoms with Crippen molar-refractivity contribution in [3.8, 4) is 16.3 Å². The van der Waals surface area contributed by atoms with E-state index in [-0.39, 0.29) is 0 Å². The van der Waals surface area contributed by atoms with Crippen LogP contribution in [0.25, 0.3) is 48.3 Å². The van der Waals surface area contributed by atoms with Crippen LogP contribution in [0.2, 0.25) is 0 Å². The molecule has 256 valence electrons. The number of para-hydroxylation sites is 6. The summed E-state index contributed by atoms with van der Waals surface area (Å²) < 4.78 is 3.47. The Morgan fingerprint density at radius 3 is 1.44 bits per heavy atom. The second-order valence-corrected chi connectivity index (χ2v) is 14.2. The second-order valence-electron chi connectivity index (χ2n) is 13.2. The minimum Gasteiger partial charge on any atom is -0.309 e. The summed E-state index contributed by atoms with van der Waals surface area (Å²) in [5, 5.41) is 3.40. The maximum Gasteiger partial charge on any atom is 0.124 e. The largest absolute Gasteiger partial charge is 0.309 e. The van der Waals surface area contributed by atoms with E-state index in [1.54, 1.807) is 11.3 Å². The van der Waals surface area contributed by atoms with Gasteiger partial charge in [-0.2, -0.15) is 0 Å². The highest BCUT2D eigenvalue weighted by molar-refractivity contribution is 7.22. The van der Waals surface area contributed by atoms with Gasteiger partial charge in [0.05, 0.1) is 27.1 Å². The van der Waals surface area contributed by atoms with E-state index in [1.165, 1.54) is 21.8 Å². The van der Waals surface area contributed by atoms with E-state index in [4.69, 9.17) is 4.98 Å². The molecule has 0 unspecified atom stereocenters. The van der Waals surface area contributed by atoms with Crippen molar-refractivity contribution in [2.24, 2.45) is 0 Å². The van der Waals surface area contributed by atoms with E-state index < -0.39 is 0 Å². The molecule has 5 heteroatoms. The summed E-state index contributed by atoms with van der Waals surface area (Å²) in [5.41, 5.74) is 12.0. The molecule has 54 heavy (non-hydrogen) atoms. The Balaban J connectivity index is 1.24. The first-order valence-corrected chi connectivity index (χ1v) is 19.0. The molecular formula is C49H34N4S. The second kappa shape index (κ2) is 13.6. The molecule has 0 radical (unpaired) electrons. The van der Waals surface area contributed by atoms with Crippen molar-refractivity contribution < 1.29 is 0 Å². The van der Waals surface area contributed by atoms with Gasteiger partial charge in [0.25, 0.3) is 0 Å². The van der Waals surface area contributed by atoms with Gasteiger partial charge in [-0.05, 0) is 97.1 Å². The highest BCUT2D eigenvalue weighted by atomic mass is 32.1. The van der Waals surface area contributed by atoms with Gasteiger partial charge in [-0.1, -0.05) is 109 Å². The fraction of sp³-hybridized carbons (Fsp3) is 0. The van der Waals surface area contributed by atoms with Crippen molar-refractivity contribution in [3.05, 3.63) is 206 Å². The van der Waals surface area contributed by atoms with Crippen molar-refractivity contribution in [3.63, 3.8) is 0 Å². The molecule has 0 aliphatic carbocycles. The van der Waals surface area contributed by atoms with Crippen molar-refractivity contribution >= 4 is 77.5 Å². The lowest BCUT2D eigenvalue weighted by atomic mass is 10.1. The highest BCUT2D eigenvalue weighted by Gasteiger charge is 2.24. The third-order valence-electron chi connectivity index (χ3n) is 9.97. The summed E-state index contributed by atoms with van der Waals surface area (Å²) in [7, 11) is 0. The number of thiazole rings is 1. The highest BCUT2D eigenvalue weighted by Crippen LogP contribution is 2.48. The summed E-state index contributed by atoms with van der Waals surface area (Å²) in [6.45, 7) is 0. The molecule has 0 amide bonds. The van der Waals surface area contributed by atoms with Crippen molar-refractivity contribution in [1.29, 1.82) is 0 Å². The molecule has 2 aromatic heterocycles. The molecule has 0 bridgehead atoms. The topological polar surface area (TPSA) is 24.3 Å². The van der Waals surface area contributed by atoms with Crippen LogP contribution in [-0.4, -0.2) is 9.55 Å². The summed E-state index contributed by atoms with van der Waals surface area (Å²) in [4.78, 5) is 10.2. The first kappa shape index (κ1) is 31.8. The van der Waals surface area contributed by atoms with Crippen LogP contribution in [0.1, 0.15) is 0 Å². The molecule has 0 saturated carbocycles. The Morgan fingerprint density at radius 1 is 0.407 bits per heavy atom. The van der Waals surface area contributed by atoms with Gasteiger partial charge in [0.15, 0.2) is 0 Å². The Kier molecular flexibility index (Phi) is 7.97. The van der Waals surface area contributed by atoms with Crippen LogP contribution in [0, 0.1) is 0 Å². The van der Waals surface area contributed by atoms with Crippen LogP contribution in [0.4, 0.5) is 34.1 Å². The molecule has 0 atom stereocenters. The first-order chi connectivity index (χ1) is 26.8. The Bertz CT molecular complexity index is 2670. The summed E-state index contributed by atoms with van der Waals surface area (Å²) in [6.07, 6.45) is 0. The smallest absolute Gasteiger partial charge is 0.124 e. The fourth-order valence-electron chi connectivity index (χ4n) is 7.58. The minimum absolute atomic E-state index is 0.948. The number of benzene rings is 8. The molecule has 0 aliphatic rings. The zero-order valence-corrected chi connectivity index (χ0v) is 30.1. The van der Waals surface area contributed by atoms with Crippen molar-refractivity contribution in [2.45, 2.75) is 0 Å². The molecule has 10 rings (SSSR count). The molecule has 0 fully saturated rings. The molecule has 0 saturated heterocycles. The summed E-state index contributed by atoms with van der Waals surface area (Å²) in [6, 6.07) is 73.0. The van der Waals surface area contributed by atoms with Gasteiger partial charge in [-0.25, -0.2) is 4.98 Å². The third-order valence-corrected chi connectivity index (χ3v) is 11.1. The molecule has 0 aliphatic heterocycles. The average Bonchev–Trinajstić information content (AvgIpc) is 3.84. The molecule has 4 nitrogen and oxygen atoms in total. The van der Waals surface area contributed by atoms with Crippen LogP contribution in [0.5, 0.6) is 0 Å². The molecular weight excluding hydrogens is 677 g/mol. The number of fused-ring (bicyclic) bond motifs is 4. The fourth-order valence-corrected chi connectivity index (χ4v) is 8.67. The quantitative estimate of drug-likeness (QED) is 0.157. The Labute approximate surface area is 318 Å². The number of hydrogen-bond donors (Lipinski definition) is 0. The Morgan fingerprint density at radius 2 is 0.870 bits per heavy atom. The van der Waals surface area contributed by atoms with E-state index in [2.05, 4.69) is 221 Å². The van der Waals surface area contributed by atoms with Crippen molar-refractivity contribution in [1.82, 2.24) is 9.55 Å².